The van der Waals surface area contributed by atoms with Crippen LogP contribution in [-0.2, 0) is 20.8 Å². The molecule has 9 heteroatoms. The van der Waals surface area contributed by atoms with Crippen molar-refractivity contribution in [2.75, 3.05) is 33.2 Å². The highest BCUT2D eigenvalue weighted by molar-refractivity contribution is 5.90. The van der Waals surface area contributed by atoms with Crippen LogP contribution in [0.5, 0.6) is 0 Å². The molecule has 0 bridgehead atoms. The Morgan fingerprint density at radius 3 is 2.23 bits per heavy atom. The fourth-order valence-electron chi connectivity index (χ4n) is 7.26. The van der Waals surface area contributed by atoms with E-state index in [-0.39, 0.29) is 41.5 Å². The van der Waals surface area contributed by atoms with Crippen LogP contribution >= 0.6 is 0 Å². The molecule has 2 heterocycles. The Bertz CT molecular complexity index is 1100. The molecule has 1 unspecified atom stereocenters. The second-order valence-electron chi connectivity index (χ2n) is 14.7. The number of carbonyl (C=O) groups excluding carboxylic acids is 3. The third-order valence-corrected chi connectivity index (χ3v) is 9.80. The molecular formula is C34H54FN5O3. The molecule has 0 spiro atoms. The second kappa shape index (κ2) is 14.1. The number of likely N-dealkylation sites (tertiary alicyclic amines) is 1. The summed E-state index contributed by atoms with van der Waals surface area (Å²) < 4.78 is 13.7. The van der Waals surface area contributed by atoms with Gasteiger partial charge < -0.3 is 25.8 Å². The summed E-state index contributed by atoms with van der Waals surface area (Å²) >= 11 is 0. The lowest BCUT2D eigenvalue weighted by Gasteiger charge is -2.48. The Hall–Kier alpha value is -2.52. The predicted octanol–water partition coefficient (Wildman–Crippen LogP) is 3.89. The van der Waals surface area contributed by atoms with E-state index in [4.69, 9.17) is 0 Å². The number of likely N-dealkylation sites (N-methyl/N-ethyl adjacent to an activating group) is 1. The summed E-state index contributed by atoms with van der Waals surface area (Å²) in [5.41, 5.74) is -0.0266. The van der Waals surface area contributed by atoms with E-state index in [9.17, 15) is 18.8 Å². The minimum Gasteiger partial charge on any atom is -0.351 e. The van der Waals surface area contributed by atoms with Gasteiger partial charge in [0.15, 0.2) is 0 Å². The van der Waals surface area contributed by atoms with Gasteiger partial charge in [-0.15, -0.1) is 0 Å². The summed E-state index contributed by atoms with van der Waals surface area (Å²) in [4.78, 5) is 45.5. The van der Waals surface area contributed by atoms with Gasteiger partial charge in [-0.05, 0) is 83.0 Å². The van der Waals surface area contributed by atoms with Crippen molar-refractivity contribution in [3.8, 4) is 0 Å². The zero-order valence-electron chi connectivity index (χ0n) is 27.2. The Labute approximate surface area is 257 Å². The van der Waals surface area contributed by atoms with Crippen molar-refractivity contribution in [2.45, 2.75) is 110 Å². The van der Waals surface area contributed by atoms with Gasteiger partial charge in [-0.1, -0.05) is 45.2 Å². The van der Waals surface area contributed by atoms with Gasteiger partial charge in [-0.2, -0.15) is 0 Å². The maximum absolute atomic E-state index is 14.1. The molecule has 1 aromatic rings. The number of amides is 3. The van der Waals surface area contributed by atoms with Crippen LogP contribution in [0.2, 0.25) is 0 Å². The van der Waals surface area contributed by atoms with Gasteiger partial charge in [0.25, 0.3) is 0 Å². The van der Waals surface area contributed by atoms with E-state index < -0.39 is 17.5 Å². The first kappa shape index (κ1) is 33.4. The smallest absolute Gasteiger partial charge is 0.245 e. The highest BCUT2D eigenvalue weighted by Gasteiger charge is 2.49. The molecule has 3 aliphatic rings. The van der Waals surface area contributed by atoms with Crippen molar-refractivity contribution in [3.05, 3.63) is 35.6 Å². The first-order valence-electron chi connectivity index (χ1n) is 16.4. The molecule has 1 aromatic carbocycles. The van der Waals surface area contributed by atoms with Crippen molar-refractivity contribution in [3.63, 3.8) is 0 Å². The van der Waals surface area contributed by atoms with Crippen LogP contribution in [0.15, 0.2) is 24.3 Å². The summed E-state index contributed by atoms with van der Waals surface area (Å²) in [6.07, 6.45) is 7.12. The molecule has 3 amide bonds. The van der Waals surface area contributed by atoms with Gasteiger partial charge in [0, 0.05) is 44.2 Å². The van der Waals surface area contributed by atoms with Crippen molar-refractivity contribution in [1.29, 1.82) is 0 Å². The van der Waals surface area contributed by atoms with Crippen molar-refractivity contribution in [1.82, 2.24) is 25.8 Å². The number of rotatable bonds is 8. The average Bonchev–Trinajstić information content (AvgIpc) is 2.96. The van der Waals surface area contributed by atoms with E-state index in [1.807, 2.05) is 32.7 Å². The number of nitrogens with zero attached hydrogens (tertiary/aromatic N) is 2. The third kappa shape index (κ3) is 8.56. The highest BCUT2D eigenvalue weighted by Crippen LogP contribution is 2.46. The zero-order chi connectivity index (χ0) is 31.4. The van der Waals surface area contributed by atoms with Crippen LogP contribution in [-0.4, -0.2) is 84.4 Å². The second-order valence-corrected chi connectivity index (χ2v) is 14.7. The molecule has 2 aliphatic heterocycles. The van der Waals surface area contributed by atoms with E-state index >= 15 is 0 Å². The lowest BCUT2D eigenvalue weighted by atomic mass is 9.63. The number of piperidine rings is 1. The highest BCUT2D eigenvalue weighted by atomic mass is 19.1. The molecule has 3 atom stereocenters. The van der Waals surface area contributed by atoms with Gasteiger partial charge in [-0.3, -0.25) is 14.4 Å². The third-order valence-electron chi connectivity index (χ3n) is 9.80. The molecule has 240 valence electrons. The Balaban J connectivity index is 1.51. The molecule has 3 fully saturated rings. The number of halogens is 1. The standard InChI is InChI=1S/C34H54FN5O3/c1-23(2)28-21-39(6)22-29(36-28)30(41)37-27(20-24-12-14-26(35)15-13-24)31(42)40-18-16-34(17-19-40,25-10-8-7-9-11-25)32(43)38-33(3,4)5/h12-15,23,25,27-29,36H,7-11,16-22H2,1-6H3,(H,37,41)(H,38,43)/t27-,28?,29-/m1/s1. The minimum absolute atomic E-state index is 0.113. The van der Waals surface area contributed by atoms with E-state index in [2.05, 4.69) is 34.7 Å². The minimum atomic E-state index is -0.782. The monoisotopic (exact) mass is 599 g/mol. The fourth-order valence-corrected chi connectivity index (χ4v) is 7.26. The number of piperazine rings is 1. The summed E-state index contributed by atoms with van der Waals surface area (Å²) in [5.74, 6) is 0.115. The van der Waals surface area contributed by atoms with E-state index in [1.54, 1.807) is 12.1 Å². The Morgan fingerprint density at radius 1 is 1.02 bits per heavy atom. The predicted molar refractivity (Wildman–Crippen MR) is 168 cm³/mol. The molecule has 1 saturated carbocycles. The molecule has 43 heavy (non-hydrogen) atoms. The first-order chi connectivity index (χ1) is 20.3. The molecular weight excluding hydrogens is 545 g/mol. The maximum atomic E-state index is 14.1. The van der Waals surface area contributed by atoms with Gasteiger partial charge >= 0.3 is 0 Å². The summed E-state index contributed by atoms with van der Waals surface area (Å²) in [6, 6.07) is 5.07. The number of hydrogen-bond acceptors (Lipinski definition) is 5. The fraction of sp³-hybridized carbons (Fsp3) is 0.735. The quantitative estimate of drug-likeness (QED) is 0.422. The van der Waals surface area contributed by atoms with Crippen LogP contribution < -0.4 is 16.0 Å². The lowest BCUT2D eigenvalue weighted by Crippen LogP contribution is -2.64. The van der Waals surface area contributed by atoms with Crippen molar-refractivity contribution in [2.24, 2.45) is 17.3 Å². The van der Waals surface area contributed by atoms with Gasteiger partial charge in [0.1, 0.15) is 11.9 Å². The number of hydrogen-bond donors (Lipinski definition) is 3. The SMILES string of the molecule is CC(C)C1CN(C)C[C@H](C(=O)N[C@H](Cc2ccc(F)cc2)C(=O)N2CCC(C(=O)NC(C)(C)C)(C3CCCCC3)CC2)N1. The molecule has 2 saturated heterocycles. The Morgan fingerprint density at radius 2 is 1.65 bits per heavy atom. The summed E-state index contributed by atoms with van der Waals surface area (Å²) in [5, 5.41) is 9.82. The van der Waals surface area contributed by atoms with Crippen molar-refractivity contribution >= 4 is 17.7 Å². The van der Waals surface area contributed by atoms with Gasteiger partial charge in [0.2, 0.25) is 17.7 Å². The number of nitrogens with one attached hydrogen (secondary N) is 3. The molecule has 8 nitrogen and oxygen atoms in total. The largest absolute Gasteiger partial charge is 0.351 e. The van der Waals surface area contributed by atoms with Crippen LogP contribution in [0, 0.1) is 23.1 Å². The van der Waals surface area contributed by atoms with Crippen molar-refractivity contribution < 1.29 is 18.8 Å². The Kier molecular flexibility index (Phi) is 10.9. The summed E-state index contributed by atoms with van der Waals surface area (Å²) in [6.45, 7) is 12.7. The number of carbonyl (C=O) groups is 3. The van der Waals surface area contributed by atoms with Crippen LogP contribution in [0.4, 0.5) is 4.39 Å². The van der Waals surface area contributed by atoms with Gasteiger partial charge in [-0.25, -0.2) is 4.39 Å². The maximum Gasteiger partial charge on any atom is 0.245 e. The lowest BCUT2D eigenvalue weighted by molar-refractivity contribution is -0.147. The molecule has 1 aliphatic carbocycles. The average molecular weight is 600 g/mol. The molecule has 0 radical (unpaired) electrons. The number of benzene rings is 1. The van der Waals surface area contributed by atoms with Crippen LogP contribution in [0.25, 0.3) is 0 Å². The molecule has 0 aromatic heterocycles. The topological polar surface area (TPSA) is 93.8 Å². The first-order valence-corrected chi connectivity index (χ1v) is 16.4. The normalized spacial score (nSPS) is 24.4. The van der Waals surface area contributed by atoms with Gasteiger partial charge in [0.05, 0.1) is 11.5 Å². The molecule has 3 N–H and O–H groups in total. The van der Waals surface area contributed by atoms with Crippen LogP contribution in [0.3, 0.4) is 0 Å². The van der Waals surface area contributed by atoms with E-state index in [0.717, 1.165) is 37.8 Å². The van der Waals surface area contributed by atoms with E-state index in [0.29, 0.717) is 44.3 Å². The zero-order valence-corrected chi connectivity index (χ0v) is 27.2. The van der Waals surface area contributed by atoms with Crippen LogP contribution in [0.1, 0.15) is 85.1 Å². The molecule has 4 rings (SSSR count). The van der Waals surface area contributed by atoms with E-state index in [1.165, 1.54) is 18.6 Å². The summed E-state index contributed by atoms with van der Waals surface area (Å²) in [7, 11) is 2.01.